The van der Waals surface area contributed by atoms with Gasteiger partial charge in [0.05, 0.1) is 7.11 Å². The number of hydrogen-bond donors (Lipinski definition) is 1. The number of aromatic nitrogens is 1. The van der Waals surface area contributed by atoms with Gasteiger partial charge in [-0.25, -0.2) is 4.98 Å². The van der Waals surface area contributed by atoms with Gasteiger partial charge >= 0.3 is 0 Å². The van der Waals surface area contributed by atoms with E-state index in [1.165, 1.54) is 12.8 Å². The van der Waals surface area contributed by atoms with Gasteiger partial charge in [-0.15, -0.1) is 0 Å². The number of nitrogens with zero attached hydrogens (tertiary/aromatic N) is 1. The smallest absolute Gasteiger partial charge is 0.221 e. The monoisotopic (exact) mass is 258 g/mol. The zero-order chi connectivity index (χ0) is 13.1. The minimum atomic E-state index is 0.447. The lowest BCUT2D eigenvalue weighted by Gasteiger charge is -2.13. The number of fused-ring (bicyclic) bond motifs is 1. The van der Waals surface area contributed by atoms with Crippen LogP contribution in [0.4, 0.5) is 0 Å². The fourth-order valence-corrected chi connectivity index (χ4v) is 2.52. The van der Waals surface area contributed by atoms with Gasteiger partial charge < -0.3 is 14.8 Å². The van der Waals surface area contributed by atoms with Crippen LogP contribution in [-0.4, -0.2) is 31.3 Å². The van der Waals surface area contributed by atoms with Crippen molar-refractivity contribution in [1.82, 2.24) is 10.3 Å². The van der Waals surface area contributed by atoms with Crippen LogP contribution in [0.2, 0.25) is 0 Å². The number of ether oxygens (including phenoxy) is 2. The summed E-state index contributed by atoms with van der Waals surface area (Å²) in [6.07, 6.45) is 4.17. The molecule has 0 saturated carbocycles. The molecule has 1 saturated heterocycles. The molecule has 0 spiro atoms. The molecule has 1 N–H and O–H groups in total. The second-order valence-electron chi connectivity index (χ2n) is 4.78. The second-order valence-corrected chi connectivity index (χ2v) is 4.78. The Balaban J connectivity index is 1.86. The molecule has 2 heterocycles. The molecule has 1 aromatic heterocycles. The number of nitrogens with one attached hydrogen (secondary N) is 1. The number of methoxy groups -OCH3 is 1. The first kappa shape index (κ1) is 12.2. The molecule has 1 fully saturated rings. The van der Waals surface area contributed by atoms with Gasteiger partial charge in [-0.2, -0.15) is 0 Å². The Bertz CT molecular complexity index is 565. The van der Waals surface area contributed by atoms with Gasteiger partial charge in [0.2, 0.25) is 5.88 Å². The van der Waals surface area contributed by atoms with Crippen molar-refractivity contribution in [3.05, 3.63) is 30.5 Å². The summed E-state index contributed by atoms with van der Waals surface area (Å²) in [5.74, 6) is 1.54. The highest BCUT2D eigenvalue weighted by Gasteiger charge is 2.15. The first-order valence-electron chi connectivity index (χ1n) is 6.66. The van der Waals surface area contributed by atoms with Gasteiger partial charge in [0.15, 0.2) is 0 Å². The van der Waals surface area contributed by atoms with Crippen LogP contribution in [-0.2, 0) is 0 Å². The Morgan fingerprint density at radius 3 is 3.05 bits per heavy atom. The highest BCUT2D eigenvalue weighted by Crippen LogP contribution is 2.30. The lowest BCUT2D eigenvalue weighted by Crippen LogP contribution is -2.28. The Morgan fingerprint density at radius 2 is 2.26 bits per heavy atom. The van der Waals surface area contributed by atoms with E-state index in [2.05, 4.69) is 10.3 Å². The van der Waals surface area contributed by atoms with E-state index in [1.54, 1.807) is 13.3 Å². The normalized spacial score (nSPS) is 18.7. The van der Waals surface area contributed by atoms with Crippen LogP contribution >= 0.6 is 0 Å². The number of rotatable bonds is 4. The molecule has 1 aliphatic heterocycles. The molecule has 4 heteroatoms. The number of hydrogen-bond acceptors (Lipinski definition) is 4. The lowest BCUT2D eigenvalue weighted by atomic mass is 10.1. The van der Waals surface area contributed by atoms with E-state index in [4.69, 9.17) is 9.47 Å². The molecule has 1 aliphatic rings. The van der Waals surface area contributed by atoms with Crippen molar-refractivity contribution in [1.29, 1.82) is 0 Å². The van der Waals surface area contributed by atoms with Crippen LogP contribution in [0.3, 0.4) is 0 Å². The summed E-state index contributed by atoms with van der Waals surface area (Å²) in [6.45, 7) is 1.76. The van der Waals surface area contributed by atoms with Crippen molar-refractivity contribution < 1.29 is 9.47 Å². The van der Waals surface area contributed by atoms with Crippen LogP contribution in [0.25, 0.3) is 10.8 Å². The second kappa shape index (κ2) is 5.45. The molecule has 4 nitrogen and oxygen atoms in total. The van der Waals surface area contributed by atoms with E-state index >= 15 is 0 Å². The van der Waals surface area contributed by atoms with Crippen molar-refractivity contribution in [3.63, 3.8) is 0 Å². The van der Waals surface area contributed by atoms with E-state index in [0.717, 1.165) is 23.1 Å². The summed E-state index contributed by atoms with van der Waals surface area (Å²) in [5, 5.41) is 5.46. The van der Waals surface area contributed by atoms with Crippen molar-refractivity contribution in [3.8, 4) is 11.6 Å². The third kappa shape index (κ3) is 2.49. The predicted molar refractivity (Wildman–Crippen MR) is 74.8 cm³/mol. The molecule has 0 radical (unpaired) electrons. The molecule has 19 heavy (non-hydrogen) atoms. The highest BCUT2D eigenvalue weighted by atomic mass is 16.5. The maximum absolute atomic E-state index is 5.87. The average Bonchev–Trinajstić information content (AvgIpc) is 2.97. The van der Waals surface area contributed by atoms with Crippen molar-refractivity contribution in [2.75, 3.05) is 20.3 Å². The summed E-state index contributed by atoms with van der Waals surface area (Å²) in [7, 11) is 1.68. The zero-order valence-electron chi connectivity index (χ0n) is 11.1. The van der Waals surface area contributed by atoms with E-state index in [-0.39, 0.29) is 0 Å². The fourth-order valence-electron chi connectivity index (χ4n) is 2.52. The predicted octanol–water partition coefficient (Wildman–Crippen LogP) is 2.37. The lowest BCUT2D eigenvalue weighted by molar-refractivity contribution is 0.271. The maximum Gasteiger partial charge on any atom is 0.221 e. The molecule has 1 unspecified atom stereocenters. The SMILES string of the molecule is COc1cccc2c(OCC3CCCN3)nccc12. The zero-order valence-corrected chi connectivity index (χ0v) is 11.1. The minimum Gasteiger partial charge on any atom is -0.496 e. The molecular weight excluding hydrogens is 240 g/mol. The topological polar surface area (TPSA) is 43.4 Å². The third-order valence-electron chi connectivity index (χ3n) is 3.53. The van der Waals surface area contributed by atoms with Crippen molar-refractivity contribution in [2.45, 2.75) is 18.9 Å². The molecule has 0 amide bonds. The summed E-state index contributed by atoms with van der Waals surface area (Å²) < 4.78 is 11.2. The molecule has 100 valence electrons. The van der Waals surface area contributed by atoms with E-state index in [0.29, 0.717) is 18.5 Å². The minimum absolute atomic E-state index is 0.447. The number of benzene rings is 1. The quantitative estimate of drug-likeness (QED) is 0.914. The summed E-state index contributed by atoms with van der Waals surface area (Å²) >= 11 is 0. The van der Waals surface area contributed by atoms with Gasteiger partial charge in [0, 0.05) is 23.0 Å². The van der Waals surface area contributed by atoms with E-state index < -0.39 is 0 Å². The van der Waals surface area contributed by atoms with Gasteiger partial charge in [-0.1, -0.05) is 6.07 Å². The van der Waals surface area contributed by atoms with E-state index in [9.17, 15) is 0 Å². The molecule has 3 rings (SSSR count). The van der Waals surface area contributed by atoms with Crippen LogP contribution in [0.1, 0.15) is 12.8 Å². The average molecular weight is 258 g/mol. The largest absolute Gasteiger partial charge is 0.496 e. The first-order chi connectivity index (χ1) is 9.38. The molecule has 0 bridgehead atoms. The van der Waals surface area contributed by atoms with Crippen LogP contribution in [0.15, 0.2) is 30.5 Å². The van der Waals surface area contributed by atoms with Gasteiger partial charge in [-0.3, -0.25) is 0 Å². The van der Waals surface area contributed by atoms with Gasteiger partial charge in [0.1, 0.15) is 12.4 Å². The highest BCUT2D eigenvalue weighted by molar-refractivity contribution is 5.91. The first-order valence-corrected chi connectivity index (χ1v) is 6.66. The maximum atomic E-state index is 5.87. The Labute approximate surface area is 112 Å². The molecule has 1 aromatic carbocycles. The Kier molecular flexibility index (Phi) is 3.51. The number of pyridine rings is 1. The molecule has 1 atom stereocenters. The van der Waals surface area contributed by atoms with Crippen LogP contribution < -0.4 is 14.8 Å². The van der Waals surface area contributed by atoms with Gasteiger partial charge in [-0.05, 0) is 37.6 Å². The molecular formula is C15H18N2O2. The third-order valence-corrected chi connectivity index (χ3v) is 3.53. The fraction of sp³-hybridized carbons (Fsp3) is 0.400. The van der Waals surface area contributed by atoms with Crippen LogP contribution in [0, 0.1) is 0 Å². The van der Waals surface area contributed by atoms with E-state index in [1.807, 2.05) is 24.3 Å². The molecule has 0 aliphatic carbocycles. The Hall–Kier alpha value is -1.81. The standard InChI is InChI=1S/C15H18N2O2/c1-18-14-6-2-5-13-12(14)7-9-17-15(13)19-10-11-4-3-8-16-11/h2,5-7,9,11,16H,3-4,8,10H2,1H3. The summed E-state index contributed by atoms with van der Waals surface area (Å²) in [5.41, 5.74) is 0. The van der Waals surface area contributed by atoms with Gasteiger partial charge in [0.25, 0.3) is 0 Å². The van der Waals surface area contributed by atoms with Crippen molar-refractivity contribution >= 4 is 10.8 Å². The summed E-state index contributed by atoms with van der Waals surface area (Å²) in [4.78, 5) is 4.34. The van der Waals surface area contributed by atoms with Crippen LogP contribution in [0.5, 0.6) is 11.6 Å². The molecule has 2 aromatic rings. The van der Waals surface area contributed by atoms with Crippen molar-refractivity contribution in [2.24, 2.45) is 0 Å². The summed E-state index contributed by atoms with van der Waals surface area (Å²) in [6, 6.07) is 8.33. The Morgan fingerprint density at radius 1 is 1.32 bits per heavy atom.